The lowest BCUT2D eigenvalue weighted by atomic mass is 10.3. The first kappa shape index (κ1) is 12.0. The van der Waals surface area contributed by atoms with E-state index in [1.165, 1.54) is 5.56 Å². The average Bonchev–Trinajstić information content (AvgIpc) is 2.75. The van der Waals surface area contributed by atoms with Crippen LogP contribution in [0, 0.1) is 0 Å². The Morgan fingerprint density at radius 2 is 2.24 bits per heavy atom. The van der Waals surface area contributed by atoms with Crippen LogP contribution in [0.4, 0.5) is 5.82 Å². The van der Waals surface area contributed by atoms with Gasteiger partial charge in [-0.2, -0.15) is 0 Å². The van der Waals surface area contributed by atoms with Crippen LogP contribution >= 0.6 is 11.6 Å². The molecule has 0 saturated carbocycles. The van der Waals surface area contributed by atoms with Gasteiger partial charge >= 0.3 is 0 Å². The molecular formula is C13H16ClN3. The van der Waals surface area contributed by atoms with Crippen molar-refractivity contribution in [3.8, 4) is 0 Å². The van der Waals surface area contributed by atoms with E-state index < -0.39 is 0 Å². The van der Waals surface area contributed by atoms with Crippen molar-refractivity contribution in [3.05, 3.63) is 47.4 Å². The first-order valence-corrected chi connectivity index (χ1v) is 6.17. The second-order valence-corrected chi connectivity index (χ2v) is 4.34. The van der Waals surface area contributed by atoms with Crippen molar-refractivity contribution in [2.45, 2.75) is 26.4 Å². The normalized spacial score (nSPS) is 10.5. The van der Waals surface area contributed by atoms with Gasteiger partial charge in [0.1, 0.15) is 11.0 Å². The fraction of sp³-hybridized carbons (Fsp3) is 0.308. The highest BCUT2D eigenvalue weighted by Gasteiger charge is 1.98. The van der Waals surface area contributed by atoms with Crippen LogP contribution in [0.1, 0.15) is 18.9 Å². The zero-order valence-electron chi connectivity index (χ0n) is 9.86. The average molecular weight is 250 g/mol. The fourth-order valence-electron chi connectivity index (χ4n) is 1.69. The van der Waals surface area contributed by atoms with Crippen molar-refractivity contribution in [3.63, 3.8) is 0 Å². The summed E-state index contributed by atoms with van der Waals surface area (Å²) < 4.78 is 2.20. The van der Waals surface area contributed by atoms with E-state index in [4.69, 9.17) is 11.6 Å². The molecule has 17 heavy (non-hydrogen) atoms. The molecule has 2 aromatic rings. The fourth-order valence-corrected chi connectivity index (χ4v) is 1.86. The van der Waals surface area contributed by atoms with E-state index in [0.717, 1.165) is 25.3 Å². The van der Waals surface area contributed by atoms with Crippen molar-refractivity contribution >= 4 is 17.4 Å². The number of halogens is 1. The van der Waals surface area contributed by atoms with Crippen molar-refractivity contribution in [1.29, 1.82) is 0 Å². The first-order valence-electron chi connectivity index (χ1n) is 5.79. The molecule has 0 radical (unpaired) electrons. The zero-order chi connectivity index (χ0) is 12.1. The van der Waals surface area contributed by atoms with Gasteiger partial charge in [-0.1, -0.05) is 24.6 Å². The van der Waals surface area contributed by atoms with Crippen LogP contribution in [0.15, 0.2) is 36.7 Å². The maximum atomic E-state index is 5.82. The third-order valence-electron chi connectivity index (χ3n) is 2.48. The van der Waals surface area contributed by atoms with Gasteiger partial charge in [0.25, 0.3) is 0 Å². The minimum Gasteiger partial charge on any atom is -0.366 e. The number of anilines is 1. The van der Waals surface area contributed by atoms with Crippen LogP contribution in [-0.2, 0) is 13.1 Å². The second kappa shape index (κ2) is 5.73. The summed E-state index contributed by atoms with van der Waals surface area (Å²) in [7, 11) is 0. The minimum absolute atomic E-state index is 0.513. The van der Waals surface area contributed by atoms with Gasteiger partial charge in [-0.3, -0.25) is 0 Å². The van der Waals surface area contributed by atoms with Crippen LogP contribution < -0.4 is 5.32 Å². The van der Waals surface area contributed by atoms with Gasteiger partial charge in [-0.05, 0) is 30.2 Å². The summed E-state index contributed by atoms with van der Waals surface area (Å²) in [6, 6.07) is 7.69. The number of pyridine rings is 1. The van der Waals surface area contributed by atoms with Crippen molar-refractivity contribution in [2.75, 3.05) is 5.32 Å². The Morgan fingerprint density at radius 1 is 1.35 bits per heavy atom. The van der Waals surface area contributed by atoms with E-state index in [9.17, 15) is 0 Å². The van der Waals surface area contributed by atoms with Crippen molar-refractivity contribution in [2.24, 2.45) is 0 Å². The number of hydrogen-bond donors (Lipinski definition) is 1. The molecule has 0 aromatic carbocycles. The largest absolute Gasteiger partial charge is 0.366 e. The zero-order valence-corrected chi connectivity index (χ0v) is 10.6. The number of nitrogens with one attached hydrogen (secondary N) is 1. The van der Waals surface area contributed by atoms with Crippen molar-refractivity contribution in [1.82, 2.24) is 9.55 Å². The van der Waals surface area contributed by atoms with Gasteiger partial charge in [-0.15, -0.1) is 0 Å². The Kier molecular flexibility index (Phi) is 4.04. The van der Waals surface area contributed by atoms with Gasteiger partial charge in [0.2, 0.25) is 0 Å². The third kappa shape index (κ3) is 3.49. The SMILES string of the molecule is CCCn1ccc(CNc2cccc(Cl)n2)c1. The van der Waals surface area contributed by atoms with E-state index in [-0.39, 0.29) is 0 Å². The smallest absolute Gasteiger partial charge is 0.131 e. The number of aryl methyl sites for hydroxylation is 1. The molecule has 0 aliphatic heterocycles. The lowest BCUT2D eigenvalue weighted by Gasteiger charge is -2.04. The summed E-state index contributed by atoms with van der Waals surface area (Å²) in [4.78, 5) is 4.18. The number of rotatable bonds is 5. The molecule has 0 saturated heterocycles. The highest BCUT2D eigenvalue weighted by molar-refractivity contribution is 6.29. The molecule has 0 aliphatic rings. The summed E-state index contributed by atoms with van der Waals surface area (Å²) >= 11 is 5.82. The molecule has 0 atom stereocenters. The van der Waals surface area contributed by atoms with E-state index >= 15 is 0 Å². The molecule has 0 spiro atoms. The van der Waals surface area contributed by atoms with Crippen molar-refractivity contribution < 1.29 is 0 Å². The van der Waals surface area contributed by atoms with E-state index in [0.29, 0.717) is 5.15 Å². The standard InChI is InChI=1S/C13H16ClN3/c1-2-7-17-8-6-11(10-17)9-15-13-5-3-4-12(14)16-13/h3-6,8,10H,2,7,9H2,1H3,(H,15,16). The summed E-state index contributed by atoms with van der Waals surface area (Å²) in [5, 5.41) is 3.76. The molecule has 2 aromatic heterocycles. The molecule has 0 fully saturated rings. The van der Waals surface area contributed by atoms with Crippen LogP contribution in [0.5, 0.6) is 0 Å². The minimum atomic E-state index is 0.513. The second-order valence-electron chi connectivity index (χ2n) is 3.96. The Balaban J connectivity index is 1.93. The Labute approximate surface area is 106 Å². The maximum absolute atomic E-state index is 5.82. The van der Waals surface area contributed by atoms with Gasteiger partial charge in [-0.25, -0.2) is 4.98 Å². The maximum Gasteiger partial charge on any atom is 0.131 e. The van der Waals surface area contributed by atoms with Crippen LogP contribution in [0.3, 0.4) is 0 Å². The van der Waals surface area contributed by atoms with Crippen LogP contribution in [-0.4, -0.2) is 9.55 Å². The lowest BCUT2D eigenvalue weighted by Crippen LogP contribution is -2.00. The molecule has 90 valence electrons. The van der Waals surface area contributed by atoms with E-state index in [1.807, 2.05) is 12.1 Å². The first-order chi connectivity index (χ1) is 8.28. The molecule has 3 nitrogen and oxygen atoms in total. The van der Waals surface area contributed by atoms with Crippen LogP contribution in [0.25, 0.3) is 0 Å². The third-order valence-corrected chi connectivity index (χ3v) is 2.69. The molecule has 4 heteroatoms. The molecule has 0 bridgehead atoms. The van der Waals surface area contributed by atoms with Gasteiger partial charge in [0.15, 0.2) is 0 Å². The summed E-state index contributed by atoms with van der Waals surface area (Å²) in [5.74, 6) is 0.806. The Hall–Kier alpha value is -1.48. The molecule has 2 rings (SSSR count). The highest BCUT2D eigenvalue weighted by atomic mass is 35.5. The molecule has 2 heterocycles. The van der Waals surface area contributed by atoms with Gasteiger partial charge in [0, 0.05) is 25.5 Å². The van der Waals surface area contributed by atoms with Gasteiger partial charge < -0.3 is 9.88 Å². The summed E-state index contributed by atoms with van der Waals surface area (Å²) in [5.41, 5.74) is 1.25. The predicted molar refractivity (Wildman–Crippen MR) is 71.3 cm³/mol. The number of hydrogen-bond acceptors (Lipinski definition) is 2. The summed E-state index contributed by atoms with van der Waals surface area (Å²) in [6.07, 6.45) is 5.41. The number of nitrogens with zero attached hydrogens (tertiary/aromatic N) is 2. The molecule has 0 unspecified atom stereocenters. The molecule has 1 N–H and O–H groups in total. The Bertz CT molecular complexity index is 479. The summed E-state index contributed by atoms with van der Waals surface area (Å²) in [6.45, 7) is 4.01. The molecule has 0 amide bonds. The van der Waals surface area contributed by atoms with E-state index in [1.54, 1.807) is 6.07 Å². The van der Waals surface area contributed by atoms with E-state index in [2.05, 4.69) is 40.3 Å². The topological polar surface area (TPSA) is 29.9 Å². The quantitative estimate of drug-likeness (QED) is 0.822. The molecular weight excluding hydrogens is 234 g/mol. The monoisotopic (exact) mass is 249 g/mol. The Morgan fingerprint density at radius 3 is 3.00 bits per heavy atom. The van der Waals surface area contributed by atoms with Gasteiger partial charge in [0.05, 0.1) is 0 Å². The number of aromatic nitrogens is 2. The molecule has 0 aliphatic carbocycles. The predicted octanol–water partition coefficient (Wildman–Crippen LogP) is 3.56. The lowest BCUT2D eigenvalue weighted by molar-refractivity contribution is 0.681. The highest BCUT2D eigenvalue weighted by Crippen LogP contribution is 2.11. The van der Waals surface area contributed by atoms with Crippen LogP contribution in [0.2, 0.25) is 5.15 Å².